The Hall–Kier alpha value is -4.10. The minimum absolute atomic E-state index is 0.157. The van der Waals surface area contributed by atoms with E-state index in [9.17, 15) is 14.4 Å². The van der Waals surface area contributed by atoms with E-state index in [2.05, 4.69) is 5.32 Å². The van der Waals surface area contributed by atoms with Gasteiger partial charge in [0.05, 0.1) is 5.69 Å². The molecule has 1 saturated heterocycles. The molecular formula is C27H23ClN2O5. The molecule has 7 nitrogen and oxygen atoms in total. The molecule has 4 rings (SSSR count). The van der Waals surface area contributed by atoms with Crippen molar-refractivity contribution in [3.8, 4) is 11.5 Å². The number of amides is 4. The predicted molar refractivity (Wildman–Crippen MR) is 134 cm³/mol. The third-order valence-corrected chi connectivity index (χ3v) is 5.64. The number of para-hydroxylation sites is 1. The zero-order valence-corrected chi connectivity index (χ0v) is 20.0. The van der Waals surface area contributed by atoms with Crippen LogP contribution in [0.2, 0.25) is 5.02 Å². The molecule has 8 heteroatoms. The summed E-state index contributed by atoms with van der Waals surface area (Å²) in [5.41, 5.74) is 2.89. The van der Waals surface area contributed by atoms with Crippen LogP contribution in [0.1, 0.15) is 16.7 Å². The first-order valence-electron chi connectivity index (χ1n) is 10.9. The van der Waals surface area contributed by atoms with Gasteiger partial charge < -0.3 is 9.47 Å². The molecular weight excluding hydrogens is 468 g/mol. The van der Waals surface area contributed by atoms with E-state index in [1.54, 1.807) is 36.4 Å². The van der Waals surface area contributed by atoms with Crippen molar-refractivity contribution in [2.75, 3.05) is 18.1 Å². The number of imide groups is 2. The minimum atomic E-state index is -0.814. The Balaban J connectivity index is 1.41. The molecule has 1 aliphatic heterocycles. The zero-order chi connectivity index (χ0) is 24.9. The quantitative estimate of drug-likeness (QED) is 0.283. The summed E-state index contributed by atoms with van der Waals surface area (Å²) < 4.78 is 11.6. The maximum Gasteiger partial charge on any atom is 0.335 e. The van der Waals surface area contributed by atoms with Crippen LogP contribution in [0.5, 0.6) is 11.5 Å². The number of carbonyl (C=O) groups is 3. The number of rotatable bonds is 7. The van der Waals surface area contributed by atoms with E-state index in [1.807, 2.05) is 32.0 Å². The van der Waals surface area contributed by atoms with Crippen LogP contribution in [0, 0.1) is 13.8 Å². The molecule has 0 radical (unpaired) electrons. The fourth-order valence-electron chi connectivity index (χ4n) is 3.64. The monoisotopic (exact) mass is 490 g/mol. The third kappa shape index (κ3) is 5.53. The Labute approximate surface area is 207 Å². The molecule has 3 aromatic carbocycles. The normalized spacial score (nSPS) is 14.8. The molecule has 0 aliphatic carbocycles. The van der Waals surface area contributed by atoms with E-state index in [0.29, 0.717) is 35.2 Å². The molecule has 1 fully saturated rings. The van der Waals surface area contributed by atoms with Crippen molar-refractivity contribution >= 4 is 41.2 Å². The maximum absolute atomic E-state index is 12.9. The number of aryl methyl sites for hydroxylation is 2. The molecule has 178 valence electrons. The summed E-state index contributed by atoms with van der Waals surface area (Å²) in [5, 5.41) is 2.66. The number of anilines is 1. The molecule has 1 heterocycles. The van der Waals surface area contributed by atoms with Crippen LogP contribution >= 0.6 is 11.6 Å². The van der Waals surface area contributed by atoms with Crippen LogP contribution in [0.15, 0.2) is 72.3 Å². The molecule has 0 unspecified atom stereocenters. The van der Waals surface area contributed by atoms with E-state index in [1.165, 1.54) is 18.2 Å². The van der Waals surface area contributed by atoms with Crippen LogP contribution < -0.4 is 19.7 Å². The highest BCUT2D eigenvalue weighted by Gasteiger charge is 2.36. The van der Waals surface area contributed by atoms with Gasteiger partial charge in [-0.05, 0) is 73.0 Å². The number of nitrogens with one attached hydrogen (secondary N) is 1. The maximum atomic E-state index is 12.9. The van der Waals surface area contributed by atoms with Crippen molar-refractivity contribution in [1.82, 2.24) is 5.32 Å². The molecule has 0 atom stereocenters. The first kappa shape index (κ1) is 24.0. The molecule has 3 aromatic rings. The van der Waals surface area contributed by atoms with Crippen molar-refractivity contribution in [2.24, 2.45) is 0 Å². The number of benzene rings is 3. The molecule has 0 bridgehead atoms. The van der Waals surface area contributed by atoms with Gasteiger partial charge in [-0.2, -0.15) is 0 Å². The summed E-state index contributed by atoms with van der Waals surface area (Å²) in [6, 6.07) is 18.3. The van der Waals surface area contributed by atoms with Crippen molar-refractivity contribution in [1.29, 1.82) is 0 Å². The van der Waals surface area contributed by atoms with E-state index in [-0.39, 0.29) is 5.57 Å². The highest BCUT2D eigenvalue weighted by Crippen LogP contribution is 2.25. The molecule has 35 heavy (non-hydrogen) atoms. The minimum Gasteiger partial charge on any atom is -0.490 e. The lowest BCUT2D eigenvalue weighted by Gasteiger charge is -2.26. The SMILES string of the molecule is Cc1cccc(C)c1OCCOc1ccc(/C=C2/C(=O)NC(=O)N(c3ccc(Cl)cc3)C2=O)cc1. The number of hydrogen-bond donors (Lipinski definition) is 1. The van der Waals surface area contributed by atoms with E-state index in [0.717, 1.165) is 21.8 Å². The average molecular weight is 491 g/mol. The second-order valence-corrected chi connectivity index (χ2v) is 8.36. The number of hydrogen-bond acceptors (Lipinski definition) is 5. The largest absolute Gasteiger partial charge is 0.490 e. The van der Waals surface area contributed by atoms with Crippen molar-refractivity contribution < 1.29 is 23.9 Å². The highest BCUT2D eigenvalue weighted by molar-refractivity contribution is 6.39. The first-order valence-corrected chi connectivity index (χ1v) is 11.3. The second kappa shape index (κ2) is 10.4. The third-order valence-electron chi connectivity index (χ3n) is 5.38. The second-order valence-electron chi connectivity index (χ2n) is 7.92. The lowest BCUT2D eigenvalue weighted by atomic mass is 10.1. The van der Waals surface area contributed by atoms with Gasteiger partial charge in [-0.25, -0.2) is 9.69 Å². The van der Waals surface area contributed by atoms with Gasteiger partial charge in [0.25, 0.3) is 11.8 Å². The standard InChI is InChI=1S/C27H23ClN2O5/c1-17-4-3-5-18(2)24(17)35-15-14-34-22-12-6-19(7-13-22)16-23-25(31)29-27(33)30(26(23)32)21-10-8-20(28)9-11-21/h3-13,16H,14-15H2,1-2H3,(H,29,31,33)/b23-16-. The summed E-state index contributed by atoms with van der Waals surface area (Å²) in [7, 11) is 0. The fraction of sp³-hybridized carbons (Fsp3) is 0.148. The Bertz CT molecular complexity index is 1280. The lowest BCUT2D eigenvalue weighted by Crippen LogP contribution is -2.54. The fourth-order valence-corrected chi connectivity index (χ4v) is 3.77. The van der Waals surface area contributed by atoms with E-state index in [4.69, 9.17) is 21.1 Å². The number of ether oxygens (including phenoxy) is 2. The summed E-state index contributed by atoms with van der Waals surface area (Å²) >= 11 is 5.89. The molecule has 1 N–H and O–H groups in total. The van der Waals surface area contributed by atoms with E-state index < -0.39 is 17.8 Å². The summed E-state index contributed by atoms with van der Waals surface area (Å²) in [5.74, 6) is 0.00787. The van der Waals surface area contributed by atoms with Crippen LogP contribution in [0.25, 0.3) is 6.08 Å². The molecule has 0 spiro atoms. The van der Waals surface area contributed by atoms with Crippen LogP contribution in [-0.4, -0.2) is 31.1 Å². The number of urea groups is 1. The number of nitrogens with zero attached hydrogens (tertiary/aromatic N) is 1. The van der Waals surface area contributed by atoms with Gasteiger partial charge in [0, 0.05) is 5.02 Å². The lowest BCUT2D eigenvalue weighted by molar-refractivity contribution is -0.122. The smallest absolute Gasteiger partial charge is 0.335 e. The zero-order valence-electron chi connectivity index (χ0n) is 19.2. The predicted octanol–water partition coefficient (Wildman–Crippen LogP) is 5.08. The van der Waals surface area contributed by atoms with Crippen molar-refractivity contribution in [2.45, 2.75) is 13.8 Å². The Morgan fingerprint density at radius 1 is 0.857 bits per heavy atom. The molecule has 0 aromatic heterocycles. The van der Waals surface area contributed by atoms with E-state index >= 15 is 0 Å². The van der Waals surface area contributed by atoms with Crippen molar-refractivity contribution in [3.05, 3.63) is 94.0 Å². The van der Waals surface area contributed by atoms with Gasteiger partial charge in [0.15, 0.2) is 0 Å². The topological polar surface area (TPSA) is 84.9 Å². The number of halogens is 1. The number of carbonyl (C=O) groups excluding carboxylic acids is 3. The van der Waals surface area contributed by atoms with Crippen LogP contribution in [0.4, 0.5) is 10.5 Å². The van der Waals surface area contributed by atoms with Gasteiger partial charge in [0.1, 0.15) is 30.3 Å². The molecule has 0 saturated carbocycles. The van der Waals surface area contributed by atoms with Gasteiger partial charge in [-0.3, -0.25) is 14.9 Å². The summed E-state index contributed by atoms with van der Waals surface area (Å²) in [4.78, 5) is 38.5. The first-order chi connectivity index (χ1) is 16.8. The molecule has 4 amide bonds. The highest BCUT2D eigenvalue weighted by atomic mass is 35.5. The van der Waals surface area contributed by atoms with Gasteiger partial charge in [-0.15, -0.1) is 0 Å². The van der Waals surface area contributed by atoms with Gasteiger partial charge in [-0.1, -0.05) is 41.9 Å². The Morgan fingerprint density at radius 3 is 2.14 bits per heavy atom. The van der Waals surface area contributed by atoms with Crippen LogP contribution in [0.3, 0.4) is 0 Å². The summed E-state index contributed by atoms with van der Waals surface area (Å²) in [6.45, 7) is 4.74. The molecule has 1 aliphatic rings. The van der Waals surface area contributed by atoms with Gasteiger partial charge in [0.2, 0.25) is 0 Å². The van der Waals surface area contributed by atoms with Crippen LogP contribution in [-0.2, 0) is 9.59 Å². The van der Waals surface area contributed by atoms with Gasteiger partial charge >= 0.3 is 6.03 Å². The van der Waals surface area contributed by atoms with Crippen molar-refractivity contribution in [3.63, 3.8) is 0 Å². The number of barbiturate groups is 1. The Kier molecular flexibility index (Phi) is 7.17. The summed E-state index contributed by atoms with van der Waals surface area (Å²) in [6.07, 6.45) is 1.43. The Morgan fingerprint density at radius 2 is 1.49 bits per heavy atom. The average Bonchev–Trinajstić information content (AvgIpc) is 2.83.